The summed E-state index contributed by atoms with van der Waals surface area (Å²) in [5.41, 5.74) is 5.33. The molecule has 0 aliphatic heterocycles. The molecule has 0 aromatic carbocycles. The molecule has 0 spiro atoms. The highest BCUT2D eigenvalue weighted by Crippen LogP contribution is 2.32. The van der Waals surface area contributed by atoms with Crippen LogP contribution in [0.25, 0.3) is 0 Å². The second kappa shape index (κ2) is 6.61. The molecule has 1 rings (SSSR count). The molecule has 1 aromatic heterocycles. The van der Waals surface area contributed by atoms with E-state index in [1.165, 1.54) is 0 Å². The van der Waals surface area contributed by atoms with Crippen molar-refractivity contribution in [2.24, 2.45) is 0 Å². The maximum Gasteiger partial charge on any atom is 0.222 e. The van der Waals surface area contributed by atoms with E-state index in [0.29, 0.717) is 11.5 Å². The Hall–Kier alpha value is -1.35. The number of nitrogens with two attached hydrogens (primary N) is 1. The third-order valence-electron chi connectivity index (χ3n) is 2.52. The van der Waals surface area contributed by atoms with Gasteiger partial charge in [0, 0.05) is 18.5 Å². The Morgan fingerprint density at radius 1 is 1.38 bits per heavy atom. The molecular formula is C12H22N4O3S2. The van der Waals surface area contributed by atoms with Gasteiger partial charge in [0.15, 0.2) is 15.7 Å². The van der Waals surface area contributed by atoms with Gasteiger partial charge in [0.2, 0.25) is 5.91 Å². The van der Waals surface area contributed by atoms with Crippen molar-refractivity contribution in [1.82, 2.24) is 9.69 Å². The van der Waals surface area contributed by atoms with Crippen LogP contribution in [0.1, 0.15) is 34.1 Å². The summed E-state index contributed by atoms with van der Waals surface area (Å²) >= 11 is 0.986. The summed E-state index contributed by atoms with van der Waals surface area (Å²) in [6, 6.07) is 0. The molecule has 0 unspecified atom stereocenters. The van der Waals surface area contributed by atoms with Crippen molar-refractivity contribution in [3.05, 3.63) is 0 Å². The van der Waals surface area contributed by atoms with Gasteiger partial charge in [0.05, 0.1) is 5.75 Å². The molecule has 0 saturated carbocycles. The van der Waals surface area contributed by atoms with Crippen LogP contribution in [0.5, 0.6) is 0 Å². The van der Waals surface area contributed by atoms with Crippen LogP contribution in [0.15, 0.2) is 4.90 Å². The van der Waals surface area contributed by atoms with Crippen LogP contribution in [0.4, 0.5) is 10.8 Å². The SMILES string of the molecule is CCS(=O)(=O)c1c(N)nsc1NCCC(=O)NC(C)(C)C. The van der Waals surface area contributed by atoms with Crippen LogP contribution in [0, 0.1) is 0 Å². The van der Waals surface area contributed by atoms with E-state index in [9.17, 15) is 13.2 Å². The Morgan fingerprint density at radius 2 is 2.00 bits per heavy atom. The number of nitrogen functional groups attached to an aromatic ring is 1. The minimum Gasteiger partial charge on any atom is -0.382 e. The minimum atomic E-state index is -3.44. The van der Waals surface area contributed by atoms with Crippen molar-refractivity contribution >= 4 is 38.1 Å². The van der Waals surface area contributed by atoms with Crippen LogP contribution in [0.3, 0.4) is 0 Å². The molecule has 9 heteroatoms. The highest BCUT2D eigenvalue weighted by molar-refractivity contribution is 7.91. The monoisotopic (exact) mass is 334 g/mol. The van der Waals surface area contributed by atoms with Crippen molar-refractivity contribution in [1.29, 1.82) is 0 Å². The Labute approximate surface area is 129 Å². The van der Waals surface area contributed by atoms with Crippen LogP contribution in [0.2, 0.25) is 0 Å². The summed E-state index contributed by atoms with van der Waals surface area (Å²) in [7, 11) is -3.44. The molecule has 0 fully saturated rings. The normalized spacial score (nSPS) is 12.2. The van der Waals surface area contributed by atoms with Gasteiger partial charge in [0.1, 0.15) is 9.90 Å². The molecular weight excluding hydrogens is 312 g/mol. The first-order valence-corrected chi connectivity index (χ1v) is 9.02. The number of aromatic nitrogens is 1. The minimum absolute atomic E-state index is 0.00323. The molecule has 0 radical (unpaired) electrons. The standard InChI is InChI=1S/C12H22N4O3S2/c1-5-21(18,19)9-10(13)16-20-11(9)14-7-6-8(17)15-12(2,3)4/h14H,5-7H2,1-4H3,(H2,13,16)(H,15,17). The van der Waals surface area contributed by atoms with Gasteiger partial charge in [-0.1, -0.05) is 6.92 Å². The summed E-state index contributed by atoms with van der Waals surface area (Å²) in [5.74, 6) is -0.148. The maximum atomic E-state index is 12.0. The van der Waals surface area contributed by atoms with Gasteiger partial charge >= 0.3 is 0 Å². The number of nitrogens with one attached hydrogen (secondary N) is 2. The first-order valence-electron chi connectivity index (χ1n) is 6.59. The van der Waals surface area contributed by atoms with Crippen LogP contribution < -0.4 is 16.4 Å². The summed E-state index contributed by atoms with van der Waals surface area (Å²) in [6.45, 7) is 7.55. The Morgan fingerprint density at radius 3 is 2.52 bits per heavy atom. The summed E-state index contributed by atoms with van der Waals surface area (Å²) < 4.78 is 27.8. The van der Waals surface area contributed by atoms with Gasteiger partial charge in [-0.15, -0.1) is 0 Å². The Balaban J connectivity index is 2.68. The summed E-state index contributed by atoms with van der Waals surface area (Å²) in [5, 5.41) is 6.15. The van der Waals surface area contributed by atoms with E-state index in [0.717, 1.165) is 11.5 Å². The fraction of sp³-hybridized carbons (Fsp3) is 0.667. The van der Waals surface area contributed by atoms with E-state index < -0.39 is 9.84 Å². The number of sulfone groups is 1. The number of carbonyl (C=O) groups excluding carboxylic acids is 1. The van der Waals surface area contributed by atoms with Gasteiger partial charge in [-0.3, -0.25) is 4.79 Å². The molecule has 0 aliphatic rings. The predicted molar refractivity (Wildman–Crippen MR) is 85.3 cm³/mol. The van der Waals surface area contributed by atoms with E-state index >= 15 is 0 Å². The van der Waals surface area contributed by atoms with Crippen LogP contribution in [-0.2, 0) is 14.6 Å². The zero-order valence-corrected chi connectivity index (χ0v) is 14.3. The topological polar surface area (TPSA) is 114 Å². The number of hydrogen-bond acceptors (Lipinski definition) is 7. The molecule has 0 bridgehead atoms. The summed E-state index contributed by atoms with van der Waals surface area (Å²) in [6.07, 6.45) is 0.237. The molecule has 1 amide bonds. The van der Waals surface area contributed by atoms with E-state index in [2.05, 4.69) is 15.0 Å². The van der Waals surface area contributed by atoms with E-state index in [1.807, 2.05) is 20.8 Å². The molecule has 0 aliphatic carbocycles. The fourth-order valence-electron chi connectivity index (χ4n) is 1.62. The second-order valence-electron chi connectivity index (χ2n) is 5.60. The van der Waals surface area contributed by atoms with E-state index in [-0.39, 0.29) is 34.3 Å². The van der Waals surface area contributed by atoms with Crippen molar-refractivity contribution < 1.29 is 13.2 Å². The number of carbonyl (C=O) groups is 1. The van der Waals surface area contributed by atoms with Crippen molar-refractivity contribution in [3.63, 3.8) is 0 Å². The third-order valence-corrected chi connectivity index (χ3v) is 5.26. The Bertz CT molecular complexity index is 603. The lowest BCUT2D eigenvalue weighted by molar-refractivity contribution is -0.122. The second-order valence-corrected chi connectivity index (χ2v) is 8.59. The maximum absolute atomic E-state index is 12.0. The summed E-state index contributed by atoms with van der Waals surface area (Å²) in [4.78, 5) is 11.7. The first kappa shape index (κ1) is 17.7. The predicted octanol–water partition coefficient (Wildman–Crippen LogP) is 1.24. The smallest absolute Gasteiger partial charge is 0.222 e. The van der Waals surface area contributed by atoms with Crippen LogP contribution >= 0.6 is 11.5 Å². The molecule has 1 aromatic rings. The van der Waals surface area contributed by atoms with Crippen LogP contribution in [-0.4, -0.2) is 36.5 Å². The molecule has 4 N–H and O–H groups in total. The van der Waals surface area contributed by atoms with Crippen molar-refractivity contribution in [2.45, 2.75) is 44.6 Å². The number of anilines is 2. The van der Waals surface area contributed by atoms with Gasteiger partial charge < -0.3 is 16.4 Å². The highest BCUT2D eigenvalue weighted by atomic mass is 32.2. The fourth-order valence-corrected chi connectivity index (χ4v) is 3.81. The molecule has 120 valence electrons. The highest BCUT2D eigenvalue weighted by Gasteiger charge is 2.24. The molecule has 0 saturated heterocycles. The number of hydrogen-bond donors (Lipinski definition) is 3. The molecule has 7 nitrogen and oxygen atoms in total. The van der Waals surface area contributed by atoms with Gasteiger partial charge in [-0.25, -0.2) is 8.42 Å². The molecule has 21 heavy (non-hydrogen) atoms. The quantitative estimate of drug-likeness (QED) is 0.721. The lowest BCUT2D eigenvalue weighted by atomic mass is 10.1. The average molecular weight is 334 g/mol. The number of nitrogens with zero attached hydrogens (tertiary/aromatic N) is 1. The lowest BCUT2D eigenvalue weighted by Crippen LogP contribution is -2.41. The van der Waals surface area contributed by atoms with E-state index in [1.54, 1.807) is 6.92 Å². The average Bonchev–Trinajstić information content (AvgIpc) is 2.69. The van der Waals surface area contributed by atoms with Crippen molar-refractivity contribution in [2.75, 3.05) is 23.3 Å². The molecule has 0 atom stereocenters. The third kappa shape index (κ3) is 5.16. The van der Waals surface area contributed by atoms with Gasteiger partial charge in [-0.05, 0) is 32.3 Å². The zero-order chi connectivity index (χ0) is 16.3. The number of rotatable bonds is 6. The zero-order valence-electron chi connectivity index (χ0n) is 12.7. The van der Waals surface area contributed by atoms with Gasteiger partial charge in [-0.2, -0.15) is 4.37 Å². The van der Waals surface area contributed by atoms with E-state index in [4.69, 9.17) is 5.73 Å². The largest absolute Gasteiger partial charge is 0.382 e. The number of amides is 1. The van der Waals surface area contributed by atoms with Crippen molar-refractivity contribution in [3.8, 4) is 0 Å². The Kier molecular flexibility index (Phi) is 5.57. The van der Waals surface area contributed by atoms with Gasteiger partial charge in [0.25, 0.3) is 0 Å². The molecule has 1 heterocycles. The first-order chi connectivity index (χ1) is 9.57. The lowest BCUT2D eigenvalue weighted by Gasteiger charge is -2.20.